The van der Waals surface area contributed by atoms with Gasteiger partial charge in [0.2, 0.25) is 0 Å². The Hall–Kier alpha value is -1.02. The smallest absolute Gasteiger partial charge is 0.124 e. The standard InChI is InChI=1S/C15H23NO/c1-9-7-8-13-14(10(9)2)16(12(4)17)11(3)15(13,5)6/h7-8,11-12,17H,1-6H3. The van der Waals surface area contributed by atoms with Crippen molar-refractivity contribution in [1.82, 2.24) is 0 Å². The summed E-state index contributed by atoms with van der Waals surface area (Å²) in [5.74, 6) is 0. The average Bonchev–Trinajstić information content (AvgIpc) is 2.43. The van der Waals surface area contributed by atoms with E-state index in [0.717, 1.165) is 0 Å². The van der Waals surface area contributed by atoms with Gasteiger partial charge >= 0.3 is 0 Å². The second-order valence-electron chi connectivity index (χ2n) is 5.84. The van der Waals surface area contributed by atoms with Crippen molar-refractivity contribution in [1.29, 1.82) is 0 Å². The van der Waals surface area contributed by atoms with Crippen LogP contribution < -0.4 is 4.90 Å². The summed E-state index contributed by atoms with van der Waals surface area (Å²) in [6, 6.07) is 4.73. The first-order valence-corrected chi connectivity index (χ1v) is 6.35. The van der Waals surface area contributed by atoms with Crippen molar-refractivity contribution in [2.75, 3.05) is 4.90 Å². The quantitative estimate of drug-likeness (QED) is 0.805. The van der Waals surface area contributed by atoms with Crippen molar-refractivity contribution in [2.45, 2.75) is 59.2 Å². The largest absolute Gasteiger partial charge is 0.374 e. The highest BCUT2D eigenvalue weighted by Crippen LogP contribution is 2.47. The first-order chi connectivity index (χ1) is 7.78. The fraction of sp³-hybridized carbons (Fsp3) is 0.600. The lowest BCUT2D eigenvalue weighted by Gasteiger charge is -2.33. The zero-order valence-corrected chi connectivity index (χ0v) is 11.7. The van der Waals surface area contributed by atoms with E-state index in [2.05, 4.69) is 51.7 Å². The van der Waals surface area contributed by atoms with Crippen molar-refractivity contribution < 1.29 is 5.11 Å². The van der Waals surface area contributed by atoms with Crippen molar-refractivity contribution in [2.24, 2.45) is 0 Å². The molecule has 0 bridgehead atoms. The van der Waals surface area contributed by atoms with Gasteiger partial charge in [-0.25, -0.2) is 0 Å². The monoisotopic (exact) mass is 233 g/mol. The molecule has 2 nitrogen and oxygen atoms in total. The predicted octanol–water partition coefficient (Wildman–Crippen LogP) is 3.13. The van der Waals surface area contributed by atoms with Crippen molar-refractivity contribution >= 4 is 5.69 Å². The van der Waals surface area contributed by atoms with E-state index >= 15 is 0 Å². The number of hydrogen-bond donors (Lipinski definition) is 1. The van der Waals surface area contributed by atoms with Gasteiger partial charge in [0.25, 0.3) is 0 Å². The van der Waals surface area contributed by atoms with Gasteiger partial charge in [-0.2, -0.15) is 0 Å². The van der Waals surface area contributed by atoms with Gasteiger partial charge in [0.05, 0.1) is 0 Å². The lowest BCUT2D eigenvalue weighted by molar-refractivity contribution is 0.173. The van der Waals surface area contributed by atoms with Gasteiger partial charge in [0.1, 0.15) is 6.23 Å². The van der Waals surface area contributed by atoms with Crippen LogP contribution in [0.4, 0.5) is 5.69 Å². The Morgan fingerprint density at radius 2 is 1.88 bits per heavy atom. The van der Waals surface area contributed by atoms with Crippen LogP contribution >= 0.6 is 0 Å². The molecular weight excluding hydrogens is 210 g/mol. The number of aliphatic hydroxyl groups excluding tert-OH is 1. The SMILES string of the molecule is Cc1ccc2c(c1C)N(C(C)O)C(C)C2(C)C. The van der Waals surface area contributed by atoms with Gasteiger partial charge in [-0.3, -0.25) is 0 Å². The number of hydrogen-bond acceptors (Lipinski definition) is 2. The Bertz CT molecular complexity index is 448. The molecule has 1 aromatic rings. The predicted molar refractivity (Wildman–Crippen MR) is 72.6 cm³/mol. The molecule has 1 aliphatic rings. The molecule has 0 saturated heterocycles. The molecule has 2 unspecified atom stereocenters. The van der Waals surface area contributed by atoms with Crippen molar-refractivity contribution in [3.05, 3.63) is 28.8 Å². The van der Waals surface area contributed by atoms with E-state index in [1.54, 1.807) is 0 Å². The molecule has 0 amide bonds. The maximum absolute atomic E-state index is 10.0. The molecule has 1 heterocycles. The fourth-order valence-electron chi connectivity index (χ4n) is 2.93. The second-order valence-corrected chi connectivity index (χ2v) is 5.84. The third kappa shape index (κ3) is 1.58. The van der Waals surface area contributed by atoms with Crippen LogP contribution in [0.2, 0.25) is 0 Å². The molecule has 0 aromatic heterocycles. The minimum absolute atomic E-state index is 0.0881. The lowest BCUT2D eigenvalue weighted by Crippen LogP contribution is -2.43. The molecule has 2 rings (SSSR count). The maximum atomic E-state index is 10.0. The number of rotatable bonds is 1. The average molecular weight is 233 g/mol. The molecule has 94 valence electrons. The van der Waals surface area contributed by atoms with Gasteiger partial charge in [-0.1, -0.05) is 26.0 Å². The van der Waals surface area contributed by atoms with E-state index in [0.29, 0.717) is 6.04 Å². The summed E-state index contributed by atoms with van der Waals surface area (Å²) in [4.78, 5) is 2.15. The number of nitrogens with zero attached hydrogens (tertiary/aromatic N) is 1. The number of aryl methyl sites for hydroxylation is 1. The number of fused-ring (bicyclic) bond motifs is 1. The topological polar surface area (TPSA) is 23.5 Å². The summed E-state index contributed by atoms with van der Waals surface area (Å²) >= 11 is 0. The minimum atomic E-state index is -0.439. The van der Waals surface area contributed by atoms with E-state index < -0.39 is 6.23 Å². The van der Waals surface area contributed by atoms with Crippen molar-refractivity contribution in [3.8, 4) is 0 Å². The van der Waals surface area contributed by atoms with Gasteiger partial charge in [0, 0.05) is 17.1 Å². The van der Waals surface area contributed by atoms with Crippen LogP contribution in [0, 0.1) is 13.8 Å². The summed E-state index contributed by atoms with van der Waals surface area (Å²) in [7, 11) is 0. The molecule has 1 N–H and O–H groups in total. The van der Waals surface area contributed by atoms with Gasteiger partial charge in [0.15, 0.2) is 0 Å². The van der Waals surface area contributed by atoms with E-state index in [1.165, 1.54) is 22.4 Å². The summed E-state index contributed by atoms with van der Waals surface area (Å²) in [5.41, 5.74) is 5.26. The molecular formula is C15H23NO. The Labute approximate surface area is 104 Å². The van der Waals surface area contributed by atoms with Crippen LogP contribution in [-0.4, -0.2) is 17.4 Å². The van der Waals surface area contributed by atoms with Crippen LogP contribution in [0.15, 0.2) is 12.1 Å². The maximum Gasteiger partial charge on any atom is 0.124 e. The van der Waals surface area contributed by atoms with Gasteiger partial charge in [-0.15, -0.1) is 0 Å². The fourth-order valence-corrected chi connectivity index (χ4v) is 2.93. The molecule has 2 atom stereocenters. The Morgan fingerprint density at radius 3 is 2.41 bits per heavy atom. The molecule has 0 aliphatic carbocycles. The van der Waals surface area contributed by atoms with Crippen LogP contribution in [0.5, 0.6) is 0 Å². The highest BCUT2D eigenvalue weighted by atomic mass is 16.3. The Kier molecular flexibility index (Phi) is 2.74. The van der Waals surface area contributed by atoms with E-state index in [-0.39, 0.29) is 5.41 Å². The highest BCUT2D eigenvalue weighted by Gasteiger charge is 2.44. The lowest BCUT2D eigenvalue weighted by atomic mass is 9.80. The molecule has 2 heteroatoms. The highest BCUT2D eigenvalue weighted by molar-refractivity contribution is 5.69. The van der Waals surface area contributed by atoms with Crippen LogP contribution in [-0.2, 0) is 5.41 Å². The minimum Gasteiger partial charge on any atom is -0.374 e. The van der Waals surface area contributed by atoms with Crippen LogP contribution in [0.3, 0.4) is 0 Å². The third-order valence-corrected chi connectivity index (χ3v) is 4.52. The molecule has 1 aliphatic heterocycles. The summed E-state index contributed by atoms with van der Waals surface area (Å²) < 4.78 is 0. The van der Waals surface area contributed by atoms with Gasteiger partial charge in [-0.05, 0) is 44.4 Å². The molecule has 17 heavy (non-hydrogen) atoms. The summed E-state index contributed by atoms with van der Waals surface area (Å²) in [5, 5.41) is 10.0. The first kappa shape index (κ1) is 12.4. The molecule has 0 fully saturated rings. The molecule has 0 saturated carbocycles. The first-order valence-electron chi connectivity index (χ1n) is 6.35. The summed E-state index contributed by atoms with van der Waals surface area (Å²) in [6.45, 7) is 12.8. The summed E-state index contributed by atoms with van der Waals surface area (Å²) in [6.07, 6.45) is -0.439. The Morgan fingerprint density at radius 1 is 1.29 bits per heavy atom. The zero-order chi connectivity index (χ0) is 13.0. The molecule has 0 spiro atoms. The van der Waals surface area contributed by atoms with Crippen LogP contribution in [0.25, 0.3) is 0 Å². The van der Waals surface area contributed by atoms with E-state index in [1.807, 2.05) is 6.92 Å². The van der Waals surface area contributed by atoms with Crippen molar-refractivity contribution in [3.63, 3.8) is 0 Å². The zero-order valence-electron chi connectivity index (χ0n) is 11.7. The molecule has 0 radical (unpaired) electrons. The number of benzene rings is 1. The van der Waals surface area contributed by atoms with E-state index in [4.69, 9.17) is 0 Å². The van der Waals surface area contributed by atoms with Crippen LogP contribution in [0.1, 0.15) is 44.4 Å². The normalized spacial score (nSPS) is 23.7. The second kappa shape index (κ2) is 3.74. The Balaban J connectivity index is 2.71. The number of aliphatic hydroxyl groups is 1. The number of anilines is 1. The van der Waals surface area contributed by atoms with Gasteiger partial charge < -0.3 is 10.0 Å². The van der Waals surface area contributed by atoms with E-state index in [9.17, 15) is 5.11 Å². The third-order valence-electron chi connectivity index (χ3n) is 4.52. The molecule has 1 aromatic carbocycles.